The molecule has 1 amide bonds. The molecule has 1 fully saturated rings. The first kappa shape index (κ1) is 25.2. The number of nitrogens with one attached hydrogen (secondary N) is 1. The van der Waals surface area contributed by atoms with Crippen LogP contribution in [0.3, 0.4) is 0 Å². The molecule has 0 aromatic heterocycles. The van der Waals surface area contributed by atoms with Gasteiger partial charge in [0.1, 0.15) is 0 Å². The van der Waals surface area contributed by atoms with E-state index in [2.05, 4.69) is 5.32 Å². The van der Waals surface area contributed by atoms with Gasteiger partial charge in [0.05, 0.1) is 16.6 Å². The third-order valence-corrected chi connectivity index (χ3v) is 7.55. The number of nitrogens with zero attached hydrogens (tertiary/aromatic N) is 1. The summed E-state index contributed by atoms with van der Waals surface area (Å²) in [6.45, 7) is 0.687. The van der Waals surface area contributed by atoms with Crippen LogP contribution in [-0.2, 0) is 27.4 Å². The molecular formula is C23H27F3N2O4S. The van der Waals surface area contributed by atoms with Gasteiger partial charge in [-0.1, -0.05) is 36.8 Å². The second kappa shape index (κ2) is 10.7. The molecule has 33 heavy (non-hydrogen) atoms. The van der Waals surface area contributed by atoms with Crippen LogP contribution in [0.1, 0.15) is 48.5 Å². The van der Waals surface area contributed by atoms with Crippen molar-refractivity contribution in [3.05, 3.63) is 65.2 Å². The number of aliphatic hydroxyl groups is 1. The molecular weight excluding hydrogens is 457 g/mol. The van der Waals surface area contributed by atoms with E-state index in [4.69, 9.17) is 0 Å². The number of halogens is 3. The Bertz CT molecular complexity index is 1050. The number of aliphatic hydroxyl groups excluding tert-OH is 1. The number of benzene rings is 2. The molecule has 1 aliphatic heterocycles. The van der Waals surface area contributed by atoms with Crippen molar-refractivity contribution in [1.82, 2.24) is 9.62 Å². The van der Waals surface area contributed by atoms with E-state index in [-0.39, 0.29) is 23.4 Å². The number of hydrogen-bond acceptors (Lipinski definition) is 4. The van der Waals surface area contributed by atoms with Gasteiger partial charge in [0.25, 0.3) is 0 Å². The Hall–Kier alpha value is -2.43. The average molecular weight is 485 g/mol. The van der Waals surface area contributed by atoms with Gasteiger partial charge in [0.15, 0.2) is 0 Å². The number of piperidine rings is 1. The molecule has 180 valence electrons. The maximum absolute atomic E-state index is 13.1. The summed E-state index contributed by atoms with van der Waals surface area (Å²) in [4.78, 5) is 12.3. The van der Waals surface area contributed by atoms with E-state index < -0.39 is 33.8 Å². The lowest BCUT2D eigenvalue weighted by molar-refractivity contribution is -0.139. The molecule has 1 heterocycles. The second-order valence-corrected chi connectivity index (χ2v) is 9.95. The minimum Gasteiger partial charge on any atom is -0.387 e. The molecule has 2 aromatic rings. The minimum atomic E-state index is -4.60. The first-order valence-corrected chi connectivity index (χ1v) is 12.2. The largest absolute Gasteiger partial charge is 0.416 e. The molecule has 3 rings (SSSR count). The summed E-state index contributed by atoms with van der Waals surface area (Å²) in [5, 5.41) is 12.6. The lowest BCUT2D eigenvalue weighted by Gasteiger charge is -2.25. The molecule has 6 nitrogen and oxygen atoms in total. The van der Waals surface area contributed by atoms with Gasteiger partial charge in [0, 0.05) is 26.1 Å². The van der Waals surface area contributed by atoms with Gasteiger partial charge in [-0.05, 0) is 48.6 Å². The predicted molar refractivity (Wildman–Crippen MR) is 117 cm³/mol. The zero-order valence-electron chi connectivity index (χ0n) is 18.0. The number of rotatable bonds is 8. The molecule has 2 aromatic carbocycles. The van der Waals surface area contributed by atoms with Crippen LogP contribution in [0.25, 0.3) is 0 Å². The van der Waals surface area contributed by atoms with E-state index in [0.717, 1.165) is 30.9 Å². The Morgan fingerprint density at radius 3 is 2.30 bits per heavy atom. The van der Waals surface area contributed by atoms with Gasteiger partial charge in [-0.15, -0.1) is 0 Å². The van der Waals surface area contributed by atoms with Crippen LogP contribution in [0, 0.1) is 0 Å². The molecule has 1 atom stereocenters. The fourth-order valence-electron chi connectivity index (χ4n) is 3.79. The van der Waals surface area contributed by atoms with Crippen LogP contribution in [0.4, 0.5) is 13.2 Å². The number of carbonyl (C=O) groups is 1. The molecule has 2 N–H and O–H groups in total. The van der Waals surface area contributed by atoms with Crippen LogP contribution in [0.15, 0.2) is 53.4 Å². The summed E-state index contributed by atoms with van der Waals surface area (Å²) in [6.07, 6.45) is -3.00. The molecule has 0 aliphatic carbocycles. The van der Waals surface area contributed by atoms with Crippen molar-refractivity contribution >= 4 is 15.9 Å². The average Bonchev–Trinajstić information content (AvgIpc) is 2.81. The fraction of sp³-hybridized carbons (Fsp3) is 0.435. The van der Waals surface area contributed by atoms with Crippen molar-refractivity contribution in [2.24, 2.45) is 0 Å². The summed E-state index contributed by atoms with van der Waals surface area (Å²) < 4.78 is 66.1. The molecule has 10 heteroatoms. The van der Waals surface area contributed by atoms with Crippen molar-refractivity contribution in [1.29, 1.82) is 0 Å². The molecule has 1 aliphatic rings. The van der Waals surface area contributed by atoms with Gasteiger partial charge >= 0.3 is 6.18 Å². The Balaban J connectivity index is 1.51. The van der Waals surface area contributed by atoms with Gasteiger partial charge in [-0.2, -0.15) is 17.5 Å². The van der Waals surface area contributed by atoms with Gasteiger partial charge in [0.2, 0.25) is 15.9 Å². The molecule has 0 saturated carbocycles. The Kier molecular flexibility index (Phi) is 8.14. The third-order valence-electron chi connectivity index (χ3n) is 5.63. The zero-order valence-corrected chi connectivity index (χ0v) is 18.8. The smallest absolute Gasteiger partial charge is 0.387 e. The SMILES string of the molecule is O=C(CCc1ccc(S(=O)(=O)N2CCCCC2)cc1)NCC(O)c1ccccc1C(F)(F)F. The quantitative estimate of drug-likeness (QED) is 0.599. The number of aryl methyl sites for hydroxylation is 1. The highest BCUT2D eigenvalue weighted by Crippen LogP contribution is 2.34. The van der Waals surface area contributed by atoms with Crippen LogP contribution < -0.4 is 5.32 Å². The van der Waals surface area contributed by atoms with Crippen molar-refractivity contribution in [2.75, 3.05) is 19.6 Å². The van der Waals surface area contributed by atoms with Crippen LogP contribution in [0.2, 0.25) is 0 Å². The van der Waals surface area contributed by atoms with Crippen molar-refractivity contribution in [3.63, 3.8) is 0 Å². The normalized spacial score (nSPS) is 16.4. The highest BCUT2D eigenvalue weighted by molar-refractivity contribution is 7.89. The highest BCUT2D eigenvalue weighted by Gasteiger charge is 2.34. The summed E-state index contributed by atoms with van der Waals surface area (Å²) in [5.74, 6) is -0.427. The number of amides is 1. The third kappa shape index (κ3) is 6.55. The molecule has 0 radical (unpaired) electrons. The fourth-order valence-corrected chi connectivity index (χ4v) is 5.31. The monoisotopic (exact) mass is 484 g/mol. The maximum Gasteiger partial charge on any atom is 0.416 e. The molecule has 0 spiro atoms. The predicted octanol–water partition coefficient (Wildman–Crippen LogP) is 3.66. The van der Waals surface area contributed by atoms with E-state index in [1.54, 1.807) is 12.1 Å². The van der Waals surface area contributed by atoms with E-state index in [1.165, 1.54) is 34.6 Å². The number of sulfonamides is 1. The van der Waals surface area contributed by atoms with E-state index in [1.807, 2.05) is 0 Å². The topological polar surface area (TPSA) is 86.7 Å². The number of alkyl halides is 3. The van der Waals surface area contributed by atoms with Gasteiger partial charge < -0.3 is 10.4 Å². The Morgan fingerprint density at radius 2 is 1.67 bits per heavy atom. The minimum absolute atomic E-state index is 0.0475. The van der Waals surface area contributed by atoms with Crippen LogP contribution in [-0.4, -0.2) is 43.4 Å². The van der Waals surface area contributed by atoms with E-state index in [0.29, 0.717) is 19.5 Å². The van der Waals surface area contributed by atoms with E-state index in [9.17, 15) is 31.5 Å². The van der Waals surface area contributed by atoms with Gasteiger partial charge in [-0.3, -0.25) is 4.79 Å². The van der Waals surface area contributed by atoms with Crippen LogP contribution in [0.5, 0.6) is 0 Å². The summed E-state index contributed by atoms with van der Waals surface area (Å²) in [7, 11) is -3.52. The van der Waals surface area contributed by atoms with Gasteiger partial charge in [-0.25, -0.2) is 8.42 Å². The maximum atomic E-state index is 13.1. The van der Waals surface area contributed by atoms with Crippen molar-refractivity contribution in [2.45, 2.75) is 49.3 Å². The first-order chi connectivity index (χ1) is 15.6. The Labute approximate surface area is 191 Å². The molecule has 0 bridgehead atoms. The van der Waals surface area contributed by atoms with Crippen molar-refractivity contribution < 1.29 is 31.5 Å². The summed E-state index contributed by atoms with van der Waals surface area (Å²) in [5.41, 5.74) is -0.479. The lowest BCUT2D eigenvalue weighted by Crippen LogP contribution is -2.35. The Morgan fingerprint density at radius 1 is 1.03 bits per heavy atom. The molecule has 1 saturated heterocycles. The van der Waals surface area contributed by atoms with Crippen LogP contribution >= 0.6 is 0 Å². The standard InChI is InChI=1S/C23H27F3N2O4S/c24-23(25,26)20-7-3-2-6-19(20)21(29)16-27-22(30)13-10-17-8-11-18(12-9-17)33(31,32)28-14-4-1-5-15-28/h2-3,6-9,11-12,21,29H,1,4-5,10,13-16H2,(H,27,30). The summed E-state index contributed by atoms with van der Waals surface area (Å²) in [6, 6.07) is 11.0. The number of hydrogen-bond donors (Lipinski definition) is 2. The first-order valence-electron chi connectivity index (χ1n) is 10.8. The zero-order chi connectivity index (χ0) is 24.1. The lowest BCUT2D eigenvalue weighted by atomic mass is 10.0. The second-order valence-electron chi connectivity index (χ2n) is 8.01. The van der Waals surface area contributed by atoms with Crippen molar-refractivity contribution in [3.8, 4) is 0 Å². The summed E-state index contributed by atoms with van der Waals surface area (Å²) >= 11 is 0. The number of carbonyl (C=O) groups excluding carboxylic acids is 1. The van der Waals surface area contributed by atoms with E-state index >= 15 is 0 Å². The highest BCUT2D eigenvalue weighted by atomic mass is 32.2. The molecule has 1 unspecified atom stereocenters.